The smallest absolute Gasteiger partial charge is 0.308 e. The summed E-state index contributed by atoms with van der Waals surface area (Å²) < 4.78 is 0.832. The van der Waals surface area contributed by atoms with Crippen molar-refractivity contribution in [2.45, 2.75) is 6.42 Å². The molecule has 6 nitrogen and oxygen atoms in total. The van der Waals surface area contributed by atoms with Crippen molar-refractivity contribution in [2.75, 3.05) is 18.4 Å². The molecule has 2 rings (SSSR count). The fraction of sp³-hybridized carbons (Fsp3) is 0.308. The fourth-order valence-electron chi connectivity index (χ4n) is 2.03. The molecule has 0 bridgehead atoms. The van der Waals surface area contributed by atoms with Crippen LogP contribution >= 0.6 is 15.9 Å². The van der Waals surface area contributed by atoms with E-state index in [9.17, 15) is 14.4 Å². The van der Waals surface area contributed by atoms with Gasteiger partial charge in [-0.25, -0.2) is 0 Å². The van der Waals surface area contributed by atoms with Gasteiger partial charge in [-0.1, -0.05) is 22.0 Å². The lowest BCUT2D eigenvalue weighted by Gasteiger charge is -2.15. The van der Waals surface area contributed by atoms with Crippen LogP contribution in [0.2, 0.25) is 0 Å². The van der Waals surface area contributed by atoms with Gasteiger partial charge in [0.25, 0.3) is 0 Å². The maximum Gasteiger partial charge on any atom is 0.308 e. The summed E-state index contributed by atoms with van der Waals surface area (Å²) in [5.74, 6) is -2.38. The van der Waals surface area contributed by atoms with Gasteiger partial charge in [0.15, 0.2) is 0 Å². The van der Waals surface area contributed by atoms with Gasteiger partial charge < -0.3 is 15.3 Å². The number of hydrogen-bond acceptors (Lipinski definition) is 3. The molecule has 0 spiro atoms. The van der Waals surface area contributed by atoms with Crippen LogP contribution < -0.4 is 5.32 Å². The third-order valence-electron chi connectivity index (χ3n) is 3.01. The molecule has 1 aromatic rings. The first-order valence-electron chi connectivity index (χ1n) is 6.01. The van der Waals surface area contributed by atoms with Crippen LogP contribution in [0.1, 0.15) is 6.42 Å². The van der Waals surface area contributed by atoms with Crippen LogP contribution in [0.3, 0.4) is 0 Å². The molecule has 106 valence electrons. The van der Waals surface area contributed by atoms with Crippen LogP contribution in [-0.4, -0.2) is 40.9 Å². The third kappa shape index (κ3) is 3.57. The molecule has 1 saturated heterocycles. The monoisotopic (exact) mass is 340 g/mol. The van der Waals surface area contributed by atoms with Gasteiger partial charge in [0.1, 0.15) is 0 Å². The lowest BCUT2D eigenvalue weighted by Crippen LogP contribution is -2.34. The van der Waals surface area contributed by atoms with Crippen molar-refractivity contribution in [1.29, 1.82) is 0 Å². The summed E-state index contributed by atoms with van der Waals surface area (Å²) in [6.45, 7) is -0.0464. The van der Waals surface area contributed by atoms with Crippen molar-refractivity contribution < 1.29 is 19.5 Å². The van der Waals surface area contributed by atoms with Gasteiger partial charge >= 0.3 is 5.97 Å². The number of amides is 2. The molecule has 0 radical (unpaired) electrons. The number of halogens is 1. The molecule has 1 fully saturated rings. The number of nitrogens with one attached hydrogen (secondary N) is 1. The van der Waals surface area contributed by atoms with E-state index in [2.05, 4.69) is 21.2 Å². The van der Waals surface area contributed by atoms with Crippen LogP contribution in [0.4, 0.5) is 5.69 Å². The van der Waals surface area contributed by atoms with E-state index in [0.717, 1.165) is 4.47 Å². The quantitative estimate of drug-likeness (QED) is 0.865. The maximum atomic E-state index is 11.8. The van der Waals surface area contributed by atoms with E-state index < -0.39 is 11.9 Å². The van der Waals surface area contributed by atoms with Crippen molar-refractivity contribution in [2.24, 2.45) is 5.92 Å². The Morgan fingerprint density at radius 3 is 2.80 bits per heavy atom. The molecule has 2 amide bonds. The van der Waals surface area contributed by atoms with Crippen LogP contribution in [-0.2, 0) is 14.4 Å². The SMILES string of the molecule is O=C(CN1CC(C(=O)O)CC1=O)Nc1cccc(Br)c1. The summed E-state index contributed by atoms with van der Waals surface area (Å²) in [7, 11) is 0. The molecule has 1 heterocycles. The van der Waals surface area contributed by atoms with Gasteiger partial charge in [0, 0.05) is 23.1 Å². The molecular weight excluding hydrogens is 328 g/mol. The number of anilines is 1. The summed E-state index contributed by atoms with van der Waals surface area (Å²) >= 11 is 3.29. The van der Waals surface area contributed by atoms with Crippen molar-refractivity contribution in [3.05, 3.63) is 28.7 Å². The van der Waals surface area contributed by atoms with Crippen molar-refractivity contribution in [3.63, 3.8) is 0 Å². The normalized spacial score (nSPS) is 18.1. The zero-order chi connectivity index (χ0) is 14.7. The van der Waals surface area contributed by atoms with E-state index >= 15 is 0 Å². The van der Waals surface area contributed by atoms with E-state index in [4.69, 9.17) is 5.11 Å². The Balaban J connectivity index is 1.92. The number of carbonyl (C=O) groups is 3. The zero-order valence-corrected chi connectivity index (χ0v) is 12.1. The molecule has 0 aromatic heterocycles. The first-order chi connectivity index (χ1) is 9.45. The Hall–Kier alpha value is -1.89. The largest absolute Gasteiger partial charge is 0.481 e. The predicted octanol–water partition coefficient (Wildman–Crippen LogP) is 1.32. The second-order valence-corrected chi connectivity index (χ2v) is 5.49. The van der Waals surface area contributed by atoms with E-state index in [-0.39, 0.29) is 31.3 Å². The standard InChI is InChI=1S/C13H13BrN2O4/c14-9-2-1-3-10(5-9)15-11(17)7-16-6-8(13(19)20)4-12(16)18/h1-3,5,8H,4,6-7H2,(H,15,17)(H,19,20). The summed E-state index contributed by atoms with van der Waals surface area (Å²) in [5, 5.41) is 11.5. The fourth-order valence-corrected chi connectivity index (χ4v) is 2.43. The number of carboxylic acid groups (broad SMARTS) is 1. The number of rotatable bonds is 4. The number of carboxylic acids is 1. The van der Waals surface area contributed by atoms with Crippen LogP contribution in [0.15, 0.2) is 28.7 Å². The molecule has 1 unspecified atom stereocenters. The highest BCUT2D eigenvalue weighted by atomic mass is 79.9. The van der Waals surface area contributed by atoms with Gasteiger partial charge in [-0.05, 0) is 18.2 Å². The highest BCUT2D eigenvalue weighted by Gasteiger charge is 2.34. The number of carbonyl (C=O) groups excluding carboxylic acids is 2. The van der Waals surface area contributed by atoms with Crippen LogP contribution in [0.5, 0.6) is 0 Å². The molecule has 1 aromatic carbocycles. The average Bonchev–Trinajstić information content (AvgIpc) is 2.71. The highest BCUT2D eigenvalue weighted by molar-refractivity contribution is 9.10. The van der Waals surface area contributed by atoms with E-state index in [1.165, 1.54) is 4.90 Å². The number of benzene rings is 1. The van der Waals surface area contributed by atoms with E-state index in [1.54, 1.807) is 18.2 Å². The third-order valence-corrected chi connectivity index (χ3v) is 3.50. The minimum atomic E-state index is -1.01. The van der Waals surface area contributed by atoms with Crippen molar-refractivity contribution in [1.82, 2.24) is 4.90 Å². The van der Waals surface area contributed by atoms with Gasteiger partial charge in [0.05, 0.1) is 12.5 Å². The van der Waals surface area contributed by atoms with Crippen LogP contribution in [0.25, 0.3) is 0 Å². The van der Waals surface area contributed by atoms with E-state index in [1.807, 2.05) is 6.07 Å². The Bertz CT molecular complexity index is 561. The number of nitrogens with zero attached hydrogens (tertiary/aromatic N) is 1. The van der Waals surface area contributed by atoms with Gasteiger partial charge in [-0.15, -0.1) is 0 Å². The molecule has 1 aliphatic heterocycles. The number of likely N-dealkylation sites (tertiary alicyclic amines) is 1. The van der Waals surface area contributed by atoms with Crippen molar-refractivity contribution >= 4 is 39.4 Å². The van der Waals surface area contributed by atoms with E-state index in [0.29, 0.717) is 5.69 Å². The van der Waals surface area contributed by atoms with Gasteiger partial charge in [0.2, 0.25) is 11.8 Å². The first kappa shape index (κ1) is 14.5. The highest BCUT2D eigenvalue weighted by Crippen LogP contribution is 2.18. The number of hydrogen-bond donors (Lipinski definition) is 2. The van der Waals surface area contributed by atoms with Crippen molar-refractivity contribution in [3.8, 4) is 0 Å². The minimum absolute atomic E-state index is 0.0422. The minimum Gasteiger partial charge on any atom is -0.481 e. The molecular formula is C13H13BrN2O4. The number of aliphatic carboxylic acids is 1. The summed E-state index contributed by atoms with van der Waals surface area (Å²) in [5.41, 5.74) is 0.616. The first-order valence-corrected chi connectivity index (χ1v) is 6.81. The van der Waals surface area contributed by atoms with Gasteiger partial charge in [-0.2, -0.15) is 0 Å². The topological polar surface area (TPSA) is 86.7 Å². The lowest BCUT2D eigenvalue weighted by molar-refractivity contribution is -0.141. The second kappa shape index (κ2) is 6.04. The lowest BCUT2D eigenvalue weighted by atomic mass is 10.1. The predicted molar refractivity (Wildman–Crippen MR) is 75.1 cm³/mol. The molecule has 1 atom stereocenters. The Kier molecular flexibility index (Phi) is 4.39. The molecule has 0 saturated carbocycles. The maximum absolute atomic E-state index is 11.8. The Morgan fingerprint density at radius 1 is 1.45 bits per heavy atom. The second-order valence-electron chi connectivity index (χ2n) is 4.57. The molecule has 0 aliphatic carbocycles. The molecule has 20 heavy (non-hydrogen) atoms. The summed E-state index contributed by atoms with van der Waals surface area (Å²) in [6, 6.07) is 7.08. The molecule has 1 aliphatic rings. The Labute approximate surface area is 123 Å². The zero-order valence-electron chi connectivity index (χ0n) is 10.5. The van der Waals surface area contributed by atoms with Gasteiger partial charge in [-0.3, -0.25) is 14.4 Å². The van der Waals surface area contributed by atoms with Crippen LogP contribution in [0, 0.1) is 5.92 Å². The average molecular weight is 341 g/mol. The summed E-state index contributed by atoms with van der Waals surface area (Å²) in [4.78, 5) is 35.5. The Morgan fingerprint density at radius 2 is 2.20 bits per heavy atom. The summed E-state index contributed by atoms with van der Waals surface area (Å²) in [6.07, 6.45) is -0.0422. The molecule has 2 N–H and O–H groups in total. The molecule has 7 heteroatoms.